The molecule has 22 heavy (non-hydrogen) atoms. The number of ether oxygens (including phenoxy) is 2. The zero-order valence-corrected chi connectivity index (χ0v) is 12.4. The van der Waals surface area contributed by atoms with Crippen molar-refractivity contribution in [2.24, 2.45) is 10.2 Å². The van der Waals surface area contributed by atoms with E-state index >= 15 is 0 Å². The highest BCUT2D eigenvalue weighted by Gasteiger charge is 2.28. The number of Topliss-reactive ketones (excluding diaryl/α,β-unsaturated/α-hetero) is 1. The molecule has 0 radical (unpaired) electrons. The molecule has 2 aliphatic rings. The second-order valence-electron chi connectivity index (χ2n) is 4.69. The predicted molar refractivity (Wildman–Crippen MR) is 80.9 cm³/mol. The molecule has 0 atom stereocenters. The average molecular weight is 321 g/mol. The van der Waals surface area contributed by atoms with Crippen LogP contribution in [0.2, 0.25) is 0 Å². The van der Waals surface area contributed by atoms with Crippen molar-refractivity contribution in [2.75, 3.05) is 12.5 Å². The summed E-state index contributed by atoms with van der Waals surface area (Å²) in [4.78, 5) is 21.7. The third-order valence-electron chi connectivity index (χ3n) is 3.04. The van der Waals surface area contributed by atoms with Crippen LogP contribution in [0.3, 0.4) is 0 Å². The summed E-state index contributed by atoms with van der Waals surface area (Å²) in [7, 11) is 0. The van der Waals surface area contributed by atoms with Crippen LogP contribution in [-0.2, 0) is 4.79 Å². The highest BCUT2D eigenvalue weighted by Crippen LogP contribution is 2.39. The summed E-state index contributed by atoms with van der Waals surface area (Å²) in [6.07, 6.45) is 0.360. The molecule has 2 heterocycles. The lowest BCUT2D eigenvalue weighted by Gasteiger charge is -2.04. The van der Waals surface area contributed by atoms with Crippen molar-refractivity contribution >= 4 is 34.0 Å². The topological polar surface area (TPSA) is 103 Å². The van der Waals surface area contributed by atoms with Crippen LogP contribution in [0.4, 0.5) is 5.69 Å². The van der Waals surface area contributed by atoms with Crippen LogP contribution in [0.25, 0.3) is 0 Å². The maximum absolute atomic E-state index is 11.2. The van der Waals surface area contributed by atoms with E-state index in [1.807, 2.05) is 0 Å². The Morgan fingerprint density at radius 2 is 2.09 bits per heavy atom. The molecule has 0 spiro atoms. The number of ketones is 1. The fourth-order valence-electron chi connectivity index (χ4n) is 2.06. The zero-order chi connectivity index (χ0) is 15.7. The Balaban J connectivity index is 1.84. The van der Waals surface area contributed by atoms with E-state index < -0.39 is 4.92 Å². The summed E-state index contributed by atoms with van der Waals surface area (Å²) in [6, 6.07) is 2.88. The highest BCUT2D eigenvalue weighted by atomic mass is 32.2. The molecule has 8 nitrogen and oxygen atoms in total. The minimum Gasteiger partial charge on any atom is -0.454 e. The Bertz CT molecular complexity index is 729. The van der Waals surface area contributed by atoms with Crippen molar-refractivity contribution in [1.82, 2.24) is 0 Å². The van der Waals surface area contributed by atoms with Gasteiger partial charge in [-0.1, -0.05) is 0 Å². The van der Waals surface area contributed by atoms with Gasteiger partial charge in [-0.3, -0.25) is 14.9 Å². The molecule has 0 aliphatic carbocycles. The molecule has 0 saturated carbocycles. The minimum absolute atomic E-state index is 0.0372. The van der Waals surface area contributed by atoms with Crippen LogP contribution < -0.4 is 9.47 Å². The van der Waals surface area contributed by atoms with Gasteiger partial charge in [0, 0.05) is 12.5 Å². The van der Waals surface area contributed by atoms with Gasteiger partial charge in [-0.05, 0) is 6.92 Å². The Kier molecular flexibility index (Phi) is 3.80. The molecule has 0 bridgehead atoms. The zero-order valence-electron chi connectivity index (χ0n) is 11.6. The molecule has 9 heteroatoms. The molecule has 1 aromatic carbocycles. The van der Waals surface area contributed by atoms with E-state index in [4.69, 9.17) is 9.47 Å². The first-order valence-electron chi connectivity index (χ1n) is 6.38. The molecular weight excluding hydrogens is 310 g/mol. The Morgan fingerprint density at radius 3 is 2.77 bits per heavy atom. The number of hydrogen-bond donors (Lipinski definition) is 0. The molecule has 0 fully saturated rings. The normalized spacial score (nSPS) is 15.5. The summed E-state index contributed by atoms with van der Waals surface area (Å²) in [5.41, 5.74) is 0.739. The van der Waals surface area contributed by atoms with Crippen molar-refractivity contribution in [2.45, 2.75) is 13.3 Å². The van der Waals surface area contributed by atoms with Gasteiger partial charge in [-0.15, -0.1) is 16.9 Å². The first-order valence-corrected chi connectivity index (χ1v) is 7.37. The molecule has 0 unspecified atom stereocenters. The van der Waals surface area contributed by atoms with Crippen molar-refractivity contribution in [3.05, 3.63) is 27.8 Å². The van der Waals surface area contributed by atoms with Crippen LogP contribution in [-0.4, -0.2) is 34.0 Å². The first kappa shape index (κ1) is 14.5. The van der Waals surface area contributed by atoms with Crippen LogP contribution in [0.1, 0.15) is 18.9 Å². The van der Waals surface area contributed by atoms with Gasteiger partial charge in [-0.25, -0.2) is 0 Å². The second-order valence-corrected chi connectivity index (χ2v) is 5.74. The Morgan fingerprint density at radius 1 is 1.36 bits per heavy atom. The van der Waals surface area contributed by atoms with E-state index in [1.54, 1.807) is 6.07 Å². The van der Waals surface area contributed by atoms with E-state index in [0.717, 1.165) is 0 Å². The largest absolute Gasteiger partial charge is 0.454 e. The van der Waals surface area contributed by atoms with Crippen LogP contribution in [0.15, 0.2) is 22.3 Å². The number of thioether (sulfide) groups is 1. The lowest BCUT2D eigenvalue weighted by Crippen LogP contribution is -2.07. The average Bonchev–Trinajstić information content (AvgIpc) is 3.12. The summed E-state index contributed by atoms with van der Waals surface area (Å²) in [5.74, 6) is 1.15. The number of nitro benzene ring substituents is 1. The molecule has 0 saturated heterocycles. The molecule has 114 valence electrons. The minimum atomic E-state index is -0.486. The fourth-order valence-corrected chi connectivity index (χ4v) is 2.76. The maximum Gasteiger partial charge on any atom is 0.282 e. The number of rotatable bonds is 4. The Labute approximate surface area is 129 Å². The van der Waals surface area contributed by atoms with Crippen molar-refractivity contribution in [1.29, 1.82) is 0 Å². The van der Waals surface area contributed by atoms with E-state index in [9.17, 15) is 14.9 Å². The third-order valence-corrected chi connectivity index (χ3v) is 4.15. The van der Waals surface area contributed by atoms with Crippen LogP contribution in [0.5, 0.6) is 11.5 Å². The van der Waals surface area contributed by atoms with Crippen LogP contribution in [0, 0.1) is 10.1 Å². The number of nitro groups is 1. The molecule has 0 N–H and O–H groups in total. The van der Waals surface area contributed by atoms with Gasteiger partial charge in [0.05, 0.1) is 28.0 Å². The van der Waals surface area contributed by atoms with Gasteiger partial charge >= 0.3 is 0 Å². The first-order chi connectivity index (χ1) is 10.5. The number of carbonyl (C=O) groups excluding carboxylic acids is 1. The maximum atomic E-state index is 11.2. The molecule has 1 aromatic rings. The second kappa shape index (κ2) is 5.76. The summed E-state index contributed by atoms with van der Waals surface area (Å²) in [6.45, 7) is 1.53. The predicted octanol–water partition coefficient (Wildman–Crippen LogP) is 2.15. The van der Waals surface area contributed by atoms with Gasteiger partial charge in [0.2, 0.25) is 6.79 Å². The quantitative estimate of drug-likeness (QED) is 0.622. The van der Waals surface area contributed by atoms with Gasteiger partial charge in [0.25, 0.3) is 5.69 Å². The van der Waals surface area contributed by atoms with Gasteiger partial charge in [-0.2, -0.15) is 5.10 Å². The van der Waals surface area contributed by atoms with Crippen molar-refractivity contribution < 1.29 is 19.2 Å². The number of hydrogen-bond acceptors (Lipinski definition) is 8. The summed E-state index contributed by atoms with van der Waals surface area (Å²) < 4.78 is 10.4. The number of benzene rings is 1. The lowest BCUT2D eigenvalue weighted by atomic mass is 10.1. The highest BCUT2D eigenvalue weighted by molar-refractivity contribution is 8.14. The molecule has 2 aliphatic heterocycles. The standard InChI is InChI=1S/C13H11N3O5S/c1-7(17)5-22-13-3-9(14-15-13)8-2-11-12(21-6-20-11)4-10(8)16(18)19/h2,4H,3,5-6H2,1H3. The molecule has 0 amide bonds. The van der Waals surface area contributed by atoms with E-state index in [1.165, 1.54) is 24.8 Å². The number of carbonyl (C=O) groups is 1. The monoisotopic (exact) mass is 321 g/mol. The fraction of sp³-hybridized carbons (Fsp3) is 0.308. The Hall–Kier alpha value is -2.42. The van der Waals surface area contributed by atoms with Gasteiger partial charge in [0.15, 0.2) is 11.5 Å². The summed E-state index contributed by atoms with van der Waals surface area (Å²) in [5, 5.41) is 19.9. The SMILES string of the molecule is CC(=O)CSC1=NN=C(c2cc3c(cc2[N+](=O)[O-])OCO3)C1. The molecular formula is C13H11N3O5S. The number of fused-ring (bicyclic) bond motifs is 1. The lowest BCUT2D eigenvalue weighted by molar-refractivity contribution is -0.385. The van der Waals surface area contributed by atoms with E-state index in [-0.39, 0.29) is 18.3 Å². The third kappa shape index (κ3) is 2.80. The van der Waals surface area contributed by atoms with Crippen LogP contribution >= 0.6 is 11.8 Å². The van der Waals surface area contributed by atoms with E-state index in [2.05, 4.69) is 10.2 Å². The van der Waals surface area contributed by atoms with Gasteiger partial charge < -0.3 is 9.47 Å². The molecule has 3 rings (SSSR count). The molecule has 0 aromatic heterocycles. The summed E-state index contributed by atoms with van der Waals surface area (Å²) >= 11 is 1.29. The van der Waals surface area contributed by atoms with E-state index in [0.29, 0.717) is 40.0 Å². The smallest absolute Gasteiger partial charge is 0.282 e. The van der Waals surface area contributed by atoms with Crippen molar-refractivity contribution in [3.8, 4) is 11.5 Å². The van der Waals surface area contributed by atoms with Crippen molar-refractivity contribution in [3.63, 3.8) is 0 Å². The van der Waals surface area contributed by atoms with Gasteiger partial charge in [0.1, 0.15) is 10.8 Å². The number of nitrogens with zero attached hydrogens (tertiary/aromatic N) is 3.